The fraction of sp³-hybridized carbons (Fsp3) is 0.00952. The van der Waals surface area contributed by atoms with Crippen molar-refractivity contribution in [1.29, 1.82) is 0 Å². The van der Waals surface area contributed by atoms with Crippen molar-refractivity contribution < 1.29 is 0 Å². The minimum Gasteiger partial charge on any atom is -0.309 e. The molecule has 0 fully saturated rings. The Morgan fingerprint density at radius 1 is 0.232 bits per heavy atom. The number of fused-ring (bicyclic) bond motifs is 11. The normalized spacial score (nSPS) is 13.2. The van der Waals surface area contributed by atoms with Crippen LogP contribution in [0.4, 0.5) is 11.4 Å². The summed E-state index contributed by atoms with van der Waals surface area (Å²) in [6.07, 6.45) is 4.38. The Morgan fingerprint density at radius 2 is 0.500 bits per heavy atom. The molecule has 20 aromatic rings. The Balaban J connectivity index is 0.671. The molecule has 0 aliphatic heterocycles. The van der Waals surface area contributed by atoms with Crippen molar-refractivity contribution in [2.24, 2.45) is 9.39 Å². The molecule has 3 heterocycles. The fourth-order valence-electron chi connectivity index (χ4n) is 17.2. The van der Waals surface area contributed by atoms with Gasteiger partial charge in [0.1, 0.15) is 5.71 Å². The molecule has 17 aromatic carbocycles. The van der Waals surface area contributed by atoms with E-state index >= 15 is 0 Å². The molecule has 0 radical (unpaired) electrons. The molecule has 1 aliphatic rings. The quantitative estimate of drug-likeness (QED) is 0.0907. The number of anilines is 2. The average Bonchev–Trinajstić information content (AvgIpc) is 1.54. The van der Waals surface area contributed by atoms with Crippen molar-refractivity contribution in [3.05, 3.63) is 412 Å². The molecule has 0 N–H and O–H groups in total. The predicted octanol–water partition coefficient (Wildman–Crippen LogP) is 27.8. The third kappa shape index (κ3) is 11.4. The summed E-state index contributed by atoms with van der Waals surface area (Å²) in [5, 5.41) is 12.0. The highest BCUT2D eigenvalue weighted by Gasteiger charge is 2.30. The summed E-state index contributed by atoms with van der Waals surface area (Å²) in [7, 11) is 1.86. The van der Waals surface area contributed by atoms with Gasteiger partial charge in [-0.05, 0) is 252 Å². The van der Waals surface area contributed by atoms with E-state index in [0.29, 0.717) is 5.71 Å². The standard InChI is InChI=1S/C105H70N6S/c1-106-104-90(76-38-52-87(53-39-76)109-97-55-40-81(70-22-10-4-11-23-70)62-91(97)92-63-82(41-56-98(92)109)71-24-12-5-13-25-71)54-59-101(105(104)107-112)108(85-44-34-74(35-45-85)83-42-57-99-93(64-83)95-60-77-26-14-16-28-79(77)66-102(95)110(99)88-48-30-72(31-49-88)68-18-6-2-7-19-68)86-46-36-75(37-47-86)84-43-58-100-94(65-84)96-61-78-27-15-17-29-80(78)67-103(96)111(100)89-50-32-73(33-51-89)69-20-8-3-9-21-69/h2-67,112H,1H3/b106-104-,107-105-. The van der Waals surface area contributed by atoms with E-state index in [1.54, 1.807) is 0 Å². The third-order valence-corrected chi connectivity index (χ3v) is 23.0. The molecule has 7 heteroatoms. The number of benzene rings is 17. The highest BCUT2D eigenvalue weighted by molar-refractivity contribution is 7.79. The number of allylic oxidation sites excluding steroid dienone is 4. The van der Waals surface area contributed by atoms with Gasteiger partial charge in [0.25, 0.3) is 0 Å². The Hall–Kier alpha value is -14.4. The van der Waals surface area contributed by atoms with Crippen LogP contribution in [0.3, 0.4) is 0 Å². The van der Waals surface area contributed by atoms with Crippen LogP contribution in [0.2, 0.25) is 0 Å². The summed E-state index contributed by atoms with van der Waals surface area (Å²) < 4.78 is 12.1. The summed E-state index contributed by atoms with van der Waals surface area (Å²) in [6.45, 7) is 0. The maximum atomic E-state index is 5.10. The second-order valence-electron chi connectivity index (χ2n) is 29.1. The van der Waals surface area contributed by atoms with Crippen LogP contribution in [0, 0.1) is 0 Å². The second-order valence-corrected chi connectivity index (χ2v) is 29.3. The van der Waals surface area contributed by atoms with Crippen LogP contribution in [-0.2, 0) is 0 Å². The average molecular weight is 1450 g/mol. The molecule has 0 saturated carbocycles. The zero-order valence-electron chi connectivity index (χ0n) is 61.2. The van der Waals surface area contributed by atoms with E-state index in [-0.39, 0.29) is 0 Å². The number of thiol groups is 1. The van der Waals surface area contributed by atoms with Gasteiger partial charge in [-0.3, -0.25) is 4.99 Å². The number of hydrogen-bond acceptors (Lipinski definition) is 4. The first kappa shape index (κ1) is 65.9. The molecule has 0 unspecified atom stereocenters. The first-order chi connectivity index (χ1) is 55.4. The van der Waals surface area contributed by atoms with Crippen LogP contribution in [0.25, 0.3) is 176 Å². The summed E-state index contributed by atoms with van der Waals surface area (Å²) in [5.74, 6) is 0. The Labute approximate surface area is 654 Å². The number of aliphatic imine (C=N–C) groups is 1. The highest BCUT2D eigenvalue weighted by Crippen LogP contribution is 2.45. The van der Waals surface area contributed by atoms with Crippen LogP contribution in [0.15, 0.2) is 415 Å². The SMILES string of the molecule is C/N=C1/C(c2ccc(-n3c4ccc(-c5ccccc5)cc4c4cc(-c5ccccc5)ccc43)cc2)=CC=C(N(c2ccc(-c3ccc4c(c3)c3cc5ccccc5cc3n4-c3ccc(-c4ccccc4)cc3)cc2)c2ccc(-c3ccc4c(c3)c3cc5ccccc5cc3n4-c3ccc(-c4ccccc4)cc3)cc2)/C1=N/S. The van der Waals surface area contributed by atoms with Gasteiger partial charge in [0.05, 0.1) is 44.5 Å². The molecule has 1 aliphatic carbocycles. The Bertz CT molecular complexity index is 6850. The molecule has 3 aromatic heterocycles. The lowest BCUT2D eigenvalue weighted by molar-refractivity contribution is 1.18. The first-order valence-electron chi connectivity index (χ1n) is 38.1. The summed E-state index contributed by atoms with van der Waals surface area (Å²) in [6, 6.07) is 142. The molecule has 0 amide bonds. The number of hydrogen-bond donors (Lipinski definition) is 1. The van der Waals surface area contributed by atoms with E-state index < -0.39 is 0 Å². The van der Waals surface area contributed by atoms with E-state index in [2.05, 4.69) is 419 Å². The van der Waals surface area contributed by atoms with Crippen molar-refractivity contribution in [3.8, 4) is 83.8 Å². The zero-order chi connectivity index (χ0) is 74.3. The molecular weight excluding hydrogens is 1380 g/mol. The van der Waals surface area contributed by atoms with Gasteiger partial charge in [0.2, 0.25) is 0 Å². The van der Waals surface area contributed by atoms with Crippen LogP contribution < -0.4 is 4.90 Å². The van der Waals surface area contributed by atoms with Gasteiger partial charge < -0.3 is 18.6 Å². The summed E-state index contributed by atoms with van der Waals surface area (Å²) in [5.41, 5.74) is 30.2. The monoisotopic (exact) mass is 1450 g/mol. The molecule has 6 nitrogen and oxygen atoms in total. The maximum Gasteiger partial charge on any atom is 0.121 e. The maximum absolute atomic E-state index is 5.10. The van der Waals surface area contributed by atoms with E-state index in [1.165, 1.54) is 109 Å². The molecule has 0 atom stereocenters. The van der Waals surface area contributed by atoms with Crippen molar-refractivity contribution in [2.45, 2.75) is 0 Å². The van der Waals surface area contributed by atoms with Crippen LogP contribution in [-0.4, -0.2) is 32.2 Å². The van der Waals surface area contributed by atoms with Crippen molar-refractivity contribution >= 4 is 128 Å². The third-order valence-electron chi connectivity index (χ3n) is 22.8. The zero-order valence-corrected chi connectivity index (χ0v) is 62.1. The lowest BCUT2D eigenvalue weighted by Gasteiger charge is -2.31. The van der Waals surface area contributed by atoms with Crippen molar-refractivity contribution in [1.82, 2.24) is 13.7 Å². The first-order valence-corrected chi connectivity index (χ1v) is 38.5. The van der Waals surface area contributed by atoms with E-state index in [1.807, 2.05) is 7.05 Å². The van der Waals surface area contributed by atoms with Crippen LogP contribution in [0.5, 0.6) is 0 Å². The molecule has 526 valence electrons. The smallest absolute Gasteiger partial charge is 0.121 e. The minimum absolute atomic E-state index is 0.652. The molecular formula is C105H70N6S. The largest absolute Gasteiger partial charge is 0.309 e. The lowest BCUT2D eigenvalue weighted by Crippen LogP contribution is -2.30. The molecule has 21 rings (SSSR count). The highest BCUT2D eigenvalue weighted by atomic mass is 32.1. The van der Waals surface area contributed by atoms with Gasteiger partial charge in [-0.1, -0.05) is 255 Å². The van der Waals surface area contributed by atoms with Gasteiger partial charge in [-0.25, -0.2) is 4.40 Å². The van der Waals surface area contributed by atoms with E-state index in [9.17, 15) is 0 Å². The number of nitrogens with zero attached hydrogens (tertiary/aromatic N) is 6. The van der Waals surface area contributed by atoms with Gasteiger partial charge >= 0.3 is 0 Å². The molecule has 112 heavy (non-hydrogen) atoms. The van der Waals surface area contributed by atoms with E-state index in [4.69, 9.17) is 22.2 Å². The molecule has 0 bridgehead atoms. The lowest BCUT2D eigenvalue weighted by atomic mass is 9.91. The van der Waals surface area contributed by atoms with Crippen LogP contribution in [0.1, 0.15) is 5.56 Å². The second kappa shape index (κ2) is 27.4. The number of rotatable bonds is 13. The fourth-order valence-corrected chi connectivity index (χ4v) is 17.4. The van der Waals surface area contributed by atoms with Crippen molar-refractivity contribution in [2.75, 3.05) is 11.9 Å². The Morgan fingerprint density at radius 3 is 0.839 bits per heavy atom. The summed E-state index contributed by atoms with van der Waals surface area (Å²) >= 11 is 4.87. The summed E-state index contributed by atoms with van der Waals surface area (Å²) in [4.78, 5) is 7.40. The van der Waals surface area contributed by atoms with Gasteiger partial charge in [-0.15, -0.1) is 0 Å². The molecule has 0 saturated heterocycles. The number of aromatic nitrogens is 3. The van der Waals surface area contributed by atoms with Gasteiger partial charge in [0, 0.05) is 73.4 Å². The minimum atomic E-state index is 0.652. The predicted molar refractivity (Wildman–Crippen MR) is 478 cm³/mol. The van der Waals surface area contributed by atoms with Gasteiger partial charge in [0.15, 0.2) is 0 Å². The topological polar surface area (TPSA) is 42.8 Å². The van der Waals surface area contributed by atoms with E-state index in [0.717, 1.165) is 95.3 Å². The van der Waals surface area contributed by atoms with Crippen molar-refractivity contribution in [3.63, 3.8) is 0 Å². The molecule has 0 spiro atoms. The van der Waals surface area contributed by atoms with Gasteiger partial charge in [-0.2, -0.15) is 0 Å². The van der Waals surface area contributed by atoms with Crippen LogP contribution >= 0.6 is 12.8 Å². The Kier molecular flexibility index (Phi) is 16.1.